The summed E-state index contributed by atoms with van der Waals surface area (Å²) in [7, 11) is 0.799. The summed E-state index contributed by atoms with van der Waals surface area (Å²) >= 11 is 0. The molecule has 0 unspecified atom stereocenters. The van der Waals surface area contributed by atoms with Crippen molar-refractivity contribution >= 4 is 33.7 Å². The Morgan fingerprint density at radius 2 is 1.30 bits per heavy atom. The fourth-order valence-electron chi connectivity index (χ4n) is 3.31. The number of carboxylic acid groups (broad SMARTS) is 2. The molecule has 2 aliphatic heterocycles. The Morgan fingerprint density at radius 1 is 0.865 bits per heavy atom. The minimum absolute atomic E-state index is 0.495. The van der Waals surface area contributed by atoms with Crippen LogP contribution in [0.2, 0.25) is 0 Å². The molecule has 0 amide bonds. The maximum Gasteiger partial charge on any atom is 0.490 e. The quantitative estimate of drug-likeness (QED) is 0.519. The molecule has 11 nitrogen and oxygen atoms in total. The van der Waals surface area contributed by atoms with Gasteiger partial charge in [0, 0.05) is 52.3 Å². The molecule has 37 heavy (non-hydrogen) atoms. The molecular formula is C19H27F6N5O6S. The van der Waals surface area contributed by atoms with Gasteiger partial charge in [0.1, 0.15) is 5.82 Å². The zero-order valence-electron chi connectivity index (χ0n) is 20.1. The third-order valence-corrected chi connectivity index (χ3v) is 6.34. The molecule has 0 radical (unpaired) electrons. The minimum Gasteiger partial charge on any atom is -0.475 e. The monoisotopic (exact) mass is 567 g/mol. The van der Waals surface area contributed by atoms with Gasteiger partial charge in [-0.2, -0.15) is 31.3 Å². The molecule has 212 valence electrons. The highest BCUT2D eigenvalue weighted by Gasteiger charge is 2.39. The van der Waals surface area contributed by atoms with Crippen molar-refractivity contribution in [1.82, 2.24) is 14.3 Å². The van der Waals surface area contributed by atoms with Crippen LogP contribution in [0.25, 0.3) is 0 Å². The maximum atomic E-state index is 11.9. The molecule has 3 rings (SSSR count). The van der Waals surface area contributed by atoms with Crippen molar-refractivity contribution in [1.29, 1.82) is 0 Å². The second kappa shape index (κ2) is 12.6. The average Bonchev–Trinajstić information content (AvgIpc) is 3.18. The van der Waals surface area contributed by atoms with Crippen molar-refractivity contribution in [2.75, 3.05) is 56.3 Å². The van der Waals surface area contributed by atoms with Gasteiger partial charge in [-0.3, -0.25) is 0 Å². The average molecular weight is 568 g/mol. The van der Waals surface area contributed by atoms with Crippen LogP contribution in [0, 0.1) is 0 Å². The van der Waals surface area contributed by atoms with Crippen molar-refractivity contribution < 1.29 is 54.6 Å². The highest BCUT2D eigenvalue weighted by molar-refractivity contribution is 7.88. The fourth-order valence-corrected chi connectivity index (χ4v) is 4.15. The molecule has 2 N–H and O–H groups in total. The lowest BCUT2D eigenvalue weighted by Gasteiger charge is -2.22. The van der Waals surface area contributed by atoms with E-state index in [2.05, 4.69) is 4.90 Å². The second-order valence-electron chi connectivity index (χ2n) is 8.13. The van der Waals surface area contributed by atoms with E-state index < -0.39 is 34.3 Å². The lowest BCUT2D eigenvalue weighted by atomic mass is 10.1. The molecule has 0 saturated carbocycles. The van der Waals surface area contributed by atoms with Gasteiger partial charge in [-0.1, -0.05) is 0 Å². The topological polar surface area (TPSA) is 144 Å². The summed E-state index contributed by atoms with van der Waals surface area (Å²) in [6.07, 6.45) is -5.22. The van der Waals surface area contributed by atoms with Gasteiger partial charge in [0.25, 0.3) is 0 Å². The summed E-state index contributed by atoms with van der Waals surface area (Å²) in [5, 5.41) is 14.2. The van der Waals surface area contributed by atoms with Crippen molar-refractivity contribution in [3.05, 3.63) is 11.3 Å². The van der Waals surface area contributed by atoms with Crippen molar-refractivity contribution in [2.45, 2.75) is 38.0 Å². The molecule has 1 saturated heterocycles. The zero-order chi connectivity index (χ0) is 28.8. The van der Waals surface area contributed by atoms with Crippen LogP contribution in [0.4, 0.5) is 38.1 Å². The number of hydrogen-bond donors (Lipinski definition) is 2. The van der Waals surface area contributed by atoms with Gasteiger partial charge in [0.2, 0.25) is 16.0 Å². The number of carbonyl (C=O) groups is 2. The summed E-state index contributed by atoms with van der Waals surface area (Å²) in [6.45, 7) is 3.00. The van der Waals surface area contributed by atoms with Crippen LogP contribution in [-0.4, -0.2) is 104 Å². The van der Waals surface area contributed by atoms with Crippen LogP contribution >= 0.6 is 0 Å². The number of rotatable bonds is 3. The van der Waals surface area contributed by atoms with Crippen molar-refractivity contribution in [2.24, 2.45) is 0 Å². The number of nitrogens with zero attached hydrogens (tertiary/aromatic N) is 5. The standard InChI is InChI=1S/C15H25N5O2S.2C2HF3O2/c1-18(2)14-12-6-10-20(23(3,21)22)11-7-13(12)16-15(17-14)19-8-4-5-9-19;2*3-2(4,5)1(6)7/h4-11H2,1-3H3;2*(H,6,7). The Hall–Kier alpha value is -2.89. The van der Waals surface area contributed by atoms with E-state index in [1.165, 1.54) is 19.1 Å². The van der Waals surface area contributed by atoms with E-state index in [1.54, 1.807) is 4.31 Å². The molecule has 0 aliphatic carbocycles. The first-order chi connectivity index (χ1) is 16.7. The molecule has 3 heterocycles. The second-order valence-corrected chi connectivity index (χ2v) is 10.1. The SMILES string of the molecule is CN(C)c1nc(N2CCCC2)nc2c1CCN(S(C)(=O)=O)CC2.O=C(O)C(F)(F)F.O=C(O)C(F)(F)F. The number of aromatic nitrogens is 2. The van der Waals surface area contributed by atoms with Gasteiger partial charge < -0.3 is 20.0 Å². The van der Waals surface area contributed by atoms with E-state index in [0.717, 1.165) is 36.1 Å². The molecule has 1 aromatic heterocycles. The summed E-state index contributed by atoms with van der Waals surface area (Å²) in [5.74, 6) is -3.80. The van der Waals surface area contributed by atoms with Crippen LogP contribution in [0.15, 0.2) is 0 Å². The third kappa shape index (κ3) is 10.2. The fraction of sp³-hybridized carbons (Fsp3) is 0.684. The van der Waals surface area contributed by atoms with Crippen LogP contribution in [0.3, 0.4) is 0 Å². The number of hydrogen-bond acceptors (Lipinski definition) is 8. The highest BCUT2D eigenvalue weighted by Crippen LogP contribution is 2.28. The Kier molecular flexibility index (Phi) is 10.9. The Morgan fingerprint density at radius 3 is 1.68 bits per heavy atom. The molecule has 18 heteroatoms. The third-order valence-electron chi connectivity index (χ3n) is 5.03. The van der Waals surface area contributed by atoms with Gasteiger partial charge in [0.15, 0.2) is 0 Å². The number of aliphatic carboxylic acids is 2. The first-order valence-electron chi connectivity index (χ1n) is 10.6. The van der Waals surface area contributed by atoms with Gasteiger partial charge >= 0.3 is 24.3 Å². The maximum absolute atomic E-state index is 11.9. The molecule has 1 aromatic rings. The molecule has 0 aromatic carbocycles. The van der Waals surface area contributed by atoms with Crippen LogP contribution in [-0.2, 0) is 32.5 Å². The molecule has 0 spiro atoms. The number of sulfonamides is 1. The number of carboxylic acids is 2. The van der Waals surface area contributed by atoms with E-state index in [4.69, 9.17) is 29.8 Å². The summed E-state index contributed by atoms with van der Waals surface area (Å²) in [6, 6.07) is 0. The van der Waals surface area contributed by atoms with E-state index in [-0.39, 0.29) is 0 Å². The number of alkyl halides is 6. The van der Waals surface area contributed by atoms with Crippen molar-refractivity contribution in [3.63, 3.8) is 0 Å². The Balaban J connectivity index is 0.000000404. The van der Waals surface area contributed by atoms with Gasteiger partial charge in [-0.15, -0.1) is 0 Å². The van der Waals surface area contributed by atoms with E-state index in [1.807, 2.05) is 19.0 Å². The minimum atomic E-state index is -5.08. The predicted octanol–water partition coefficient (Wildman–Crippen LogP) is 1.77. The van der Waals surface area contributed by atoms with E-state index in [9.17, 15) is 34.8 Å². The van der Waals surface area contributed by atoms with E-state index >= 15 is 0 Å². The molecule has 1 fully saturated rings. The number of fused-ring (bicyclic) bond motifs is 1. The smallest absolute Gasteiger partial charge is 0.475 e. The Bertz CT molecular complexity index is 1030. The summed E-state index contributed by atoms with van der Waals surface area (Å²) in [4.78, 5) is 31.6. The van der Waals surface area contributed by atoms with Crippen LogP contribution < -0.4 is 9.80 Å². The largest absolute Gasteiger partial charge is 0.490 e. The van der Waals surface area contributed by atoms with E-state index in [0.29, 0.717) is 25.9 Å². The summed E-state index contributed by atoms with van der Waals surface area (Å²) < 4.78 is 88.7. The molecule has 0 bridgehead atoms. The van der Waals surface area contributed by atoms with Crippen LogP contribution in [0.1, 0.15) is 24.1 Å². The normalized spacial score (nSPS) is 16.4. The van der Waals surface area contributed by atoms with Gasteiger partial charge in [-0.05, 0) is 19.3 Å². The summed E-state index contributed by atoms with van der Waals surface area (Å²) in [5.41, 5.74) is 2.08. The molecule has 0 atom stereocenters. The van der Waals surface area contributed by atoms with Crippen molar-refractivity contribution in [3.8, 4) is 0 Å². The zero-order valence-corrected chi connectivity index (χ0v) is 20.9. The number of anilines is 2. The van der Waals surface area contributed by atoms with Gasteiger partial charge in [-0.25, -0.2) is 27.3 Å². The molecular weight excluding hydrogens is 540 g/mol. The highest BCUT2D eigenvalue weighted by atomic mass is 32.2. The predicted molar refractivity (Wildman–Crippen MR) is 119 cm³/mol. The Labute approximate surface area is 208 Å². The lowest BCUT2D eigenvalue weighted by molar-refractivity contribution is -0.193. The van der Waals surface area contributed by atoms with Gasteiger partial charge in [0.05, 0.1) is 11.9 Å². The molecule has 2 aliphatic rings. The first-order valence-corrected chi connectivity index (χ1v) is 12.5. The lowest BCUT2D eigenvalue weighted by Crippen LogP contribution is -2.32. The first kappa shape index (κ1) is 32.1. The van der Waals surface area contributed by atoms with Crippen LogP contribution in [0.5, 0.6) is 0 Å². The number of halogens is 6.